The lowest BCUT2D eigenvalue weighted by Gasteiger charge is -2.06. The first-order valence-electron chi connectivity index (χ1n) is 7.98. The molecule has 25 heavy (non-hydrogen) atoms. The van der Waals surface area contributed by atoms with Gasteiger partial charge in [-0.25, -0.2) is 0 Å². The Labute approximate surface area is 150 Å². The third-order valence-corrected chi connectivity index (χ3v) is 4.60. The number of aromatic nitrogens is 2. The van der Waals surface area contributed by atoms with E-state index >= 15 is 0 Å². The molecule has 0 aliphatic rings. The molecule has 0 saturated heterocycles. The van der Waals surface area contributed by atoms with E-state index in [-0.39, 0.29) is 5.91 Å². The number of benzene rings is 2. The van der Waals surface area contributed by atoms with Gasteiger partial charge >= 0.3 is 0 Å². The summed E-state index contributed by atoms with van der Waals surface area (Å²) < 4.78 is 9.09. The van der Waals surface area contributed by atoms with Crippen molar-refractivity contribution in [1.29, 1.82) is 0 Å². The van der Waals surface area contributed by atoms with E-state index < -0.39 is 0 Å². The molecule has 6 heteroatoms. The first-order valence-corrected chi connectivity index (χ1v) is 8.75. The molecule has 0 aliphatic heterocycles. The van der Waals surface area contributed by atoms with Gasteiger partial charge in [0.25, 0.3) is 5.91 Å². The minimum Gasteiger partial charge on any atom is -0.497 e. The zero-order chi connectivity index (χ0) is 17.6. The standard InChI is InChI=1S/C19H19N3O2S/c1-13-3-7-15(8-4-13)17-18(25-22-21-17)19(23)20-12-11-14-5-9-16(24-2)10-6-14/h3-10H,11-12H2,1-2H3,(H,20,23). The summed E-state index contributed by atoms with van der Waals surface area (Å²) in [7, 11) is 1.64. The fourth-order valence-corrected chi connectivity index (χ4v) is 3.04. The van der Waals surface area contributed by atoms with Crippen LogP contribution in [-0.2, 0) is 6.42 Å². The molecule has 1 heterocycles. The zero-order valence-electron chi connectivity index (χ0n) is 14.2. The molecule has 5 nitrogen and oxygen atoms in total. The van der Waals surface area contributed by atoms with Crippen LogP contribution in [0.4, 0.5) is 0 Å². The molecule has 0 bridgehead atoms. The number of methoxy groups -OCH3 is 1. The summed E-state index contributed by atoms with van der Waals surface area (Å²) in [5.41, 5.74) is 3.84. The molecule has 1 amide bonds. The van der Waals surface area contributed by atoms with E-state index in [1.54, 1.807) is 7.11 Å². The van der Waals surface area contributed by atoms with Gasteiger partial charge in [0.1, 0.15) is 16.3 Å². The second kappa shape index (κ2) is 7.90. The first-order chi connectivity index (χ1) is 12.2. The average molecular weight is 353 g/mol. The van der Waals surface area contributed by atoms with Gasteiger partial charge in [-0.15, -0.1) is 5.10 Å². The van der Waals surface area contributed by atoms with Crippen LogP contribution in [0.15, 0.2) is 48.5 Å². The lowest BCUT2D eigenvalue weighted by atomic mass is 10.1. The number of carbonyl (C=O) groups is 1. The van der Waals surface area contributed by atoms with Crippen molar-refractivity contribution in [2.45, 2.75) is 13.3 Å². The topological polar surface area (TPSA) is 64.1 Å². The van der Waals surface area contributed by atoms with E-state index in [0.717, 1.165) is 40.4 Å². The Morgan fingerprint density at radius 2 is 1.84 bits per heavy atom. The van der Waals surface area contributed by atoms with E-state index in [1.165, 1.54) is 0 Å². The van der Waals surface area contributed by atoms with Crippen LogP contribution in [0.3, 0.4) is 0 Å². The van der Waals surface area contributed by atoms with Crippen molar-refractivity contribution in [2.75, 3.05) is 13.7 Å². The van der Waals surface area contributed by atoms with Gasteiger partial charge in [-0.3, -0.25) is 4.79 Å². The minimum atomic E-state index is -0.140. The SMILES string of the molecule is COc1ccc(CCNC(=O)c2snnc2-c2ccc(C)cc2)cc1. The highest BCUT2D eigenvalue weighted by atomic mass is 32.1. The number of ether oxygens (including phenoxy) is 1. The molecule has 1 aromatic heterocycles. The van der Waals surface area contributed by atoms with Crippen LogP contribution in [0, 0.1) is 6.92 Å². The quantitative estimate of drug-likeness (QED) is 0.737. The van der Waals surface area contributed by atoms with E-state index in [9.17, 15) is 4.79 Å². The van der Waals surface area contributed by atoms with Crippen molar-refractivity contribution in [3.05, 3.63) is 64.5 Å². The minimum absolute atomic E-state index is 0.140. The van der Waals surface area contributed by atoms with Crippen LogP contribution in [0.1, 0.15) is 20.8 Å². The van der Waals surface area contributed by atoms with Crippen molar-refractivity contribution in [3.8, 4) is 17.0 Å². The predicted octanol–water partition coefficient (Wildman–Crippen LogP) is 3.49. The zero-order valence-corrected chi connectivity index (χ0v) is 15.0. The van der Waals surface area contributed by atoms with Gasteiger partial charge in [0, 0.05) is 12.1 Å². The van der Waals surface area contributed by atoms with E-state index in [2.05, 4.69) is 14.9 Å². The number of hydrogen-bond acceptors (Lipinski definition) is 5. The Morgan fingerprint density at radius 1 is 1.12 bits per heavy atom. The Balaban J connectivity index is 1.62. The molecule has 1 N–H and O–H groups in total. The Morgan fingerprint density at radius 3 is 2.52 bits per heavy atom. The summed E-state index contributed by atoms with van der Waals surface area (Å²) in [5.74, 6) is 0.686. The summed E-state index contributed by atoms with van der Waals surface area (Å²) in [6, 6.07) is 15.7. The van der Waals surface area contributed by atoms with Gasteiger partial charge in [-0.1, -0.05) is 46.4 Å². The third-order valence-electron chi connectivity index (χ3n) is 3.88. The van der Waals surface area contributed by atoms with E-state index in [1.807, 2.05) is 55.5 Å². The molecule has 3 rings (SSSR count). The maximum absolute atomic E-state index is 12.5. The fraction of sp³-hybridized carbons (Fsp3) is 0.211. The van der Waals surface area contributed by atoms with Crippen LogP contribution < -0.4 is 10.1 Å². The molecule has 0 aliphatic carbocycles. The average Bonchev–Trinajstić information content (AvgIpc) is 3.13. The van der Waals surface area contributed by atoms with Crippen molar-refractivity contribution in [2.24, 2.45) is 0 Å². The van der Waals surface area contributed by atoms with Gasteiger partial charge in [0.15, 0.2) is 0 Å². The first kappa shape index (κ1) is 17.1. The number of aryl methyl sites for hydroxylation is 1. The Kier molecular flexibility index (Phi) is 5.40. The normalized spacial score (nSPS) is 10.5. The largest absolute Gasteiger partial charge is 0.497 e. The van der Waals surface area contributed by atoms with E-state index in [0.29, 0.717) is 17.1 Å². The fourth-order valence-electron chi connectivity index (χ4n) is 2.43. The van der Waals surface area contributed by atoms with Gasteiger partial charge in [-0.2, -0.15) is 0 Å². The molecule has 3 aromatic rings. The third kappa shape index (κ3) is 4.22. The lowest BCUT2D eigenvalue weighted by Crippen LogP contribution is -2.25. The highest BCUT2D eigenvalue weighted by Gasteiger charge is 2.17. The van der Waals surface area contributed by atoms with Crippen LogP contribution in [-0.4, -0.2) is 29.1 Å². The summed E-state index contributed by atoms with van der Waals surface area (Å²) >= 11 is 1.12. The highest BCUT2D eigenvalue weighted by Crippen LogP contribution is 2.24. The summed E-state index contributed by atoms with van der Waals surface area (Å²) in [6.07, 6.45) is 0.752. The number of carbonyl (C=O) groups excluding carboxylic acids is 1. The summed E-state index contributed by atoms with van der Waals surface area (Å²) in [5, 5.41) is 7.06. The number of nitrogens with one attached hydrogen (secondary N) is 1. The van der Waals surface area contributed by atoms with Crippen LogP contribution in [0.2, 0.25) is 0 Å². The summed E-state index contributed by atoms with van der Waals surface area (Å²) in [4.78, 5) is 13.0. The van der Waals surface area contributed by atoms with Gasteiger partial charge in [-0.05, 0) is 42.6 Å². The molecule has 0 saturated carbocycles. The molecular formula is C19H19N3O2S. The molecule has 2 aromatic carbocycles. The van der Waals surface area contributed by atoms with Crippen molar-refractivity contribution in [1.82, 2.24) is 14.9 Å². The summed E-state index contributed by atoms with van der Waals surface area (Å²) in [6.45, 7) is 2.58. The Bertz CT molecular complexity index is 842. The second-order valence-electron chi connectivity index (χ2n) is 5.67. The molecule has 0 atom stereocenters. The number of hydrogen-bond donors (Lipinski definition) is 1. The highest BCUT2D eigenvalue weighted by molar-refractivity contribution is 7.08. The van der Waals surface area contributed by atoms with Crippen LogP contribution in [0.25, 0.3) is 11.3 Å². The molecule has 0 unspecified atom stereocenters. The number of rotatable bonds is 6. The van der Waals surface area contributed by atoms with Gasteiger partial charge < -0.3 is 10.1 Å². The Hall–Kier alpha value is -2.73. The predicted molar refractivity (Wildman–Crippen MR) is 99.1 cm³/mol. The van der Waals surface area contributed by atoms with Crippen LogP contribution in [0.5, 0.6) is 5.75 Å². The molecule has 0 spiro atoms. The molecule has 128 valence electrons. The number of amides is 1. The van der Waals surface area contributed by atoms with Crippen molar-refractivity contribution in [3.63, 3.8) is 0 Å². The monoisotopic (exact) mass is 353 g/mol. The maximum Gasteiger partial charge on any atom is 0.265 e. The smallest absolute Gasteiger partial charge is 0.265 e. The molecule has 0 radical (unpaired) electrons. The maximum atomic E-state index is 12.5. The lowest BCUT2D eigenvalue weighted by molar-refractivity contribution is 0.0958. The number of nitrogens with zero attached hydrogens (tertiary/aromatic N) is 2. The van der Waals surface area contributed by atoms with Crippen LogP contribution >= 0.6 is 11.5 Å². The molecule has 0 fully saturated rings. The second-order valence-corrected chi connectivity index (χ2v) is 6.42. The van der Waals surface area contributed by atoms with Gasteiger partial charge in [0.2, 0.25) is 0 Å². The van der Waals surface area contributed by atoms with Crippen molar-refractivity contribution >= 4 is 17.4 Å². The molecular weight excluding hydrogens is 334 g/mol. The van der Waals surface area contributed by atoms with Crippen molar-refractivity contribution < 1.29 is 9.53 Å². The van der Waals surface area contributed by atoms with Gasteiger partial charge in [0.05, 0.1) is 7.11 Å². The van der Waals surface area contributed by atoms with E-state index in [4.69, 9.17) is 4.74 Å².